The average Bonchev–Trinajstić information content (AvgIpc) is 2.93. The number of tetrazole rings is 1. The Balaban J connectivity index is 1.74. The van der Waals surface area contributed by atoms with Crippen molar-refractivity contribution in [3.8, 4) is 11.4 Å². The minimum atomic E-state index is 0.709. The van der Waals surface area contributed by atoms with Crippen molar-refractivity contribution < 1.29 is 0 Å². The number of aromatic nitrogens is 4. The lowest BCUT2D eigenvalue weighted by molar-refractivity contribution is 0.318. The van der Waals surface area contributed by atoms with Crippen LogP contribution >= 0.6 is 15.9 Å². The van der Waals surface area contributed by atoms with E-state index in [1.54, 1.807) is 0 Å². The fraction of sp³-hybridized carbons (Fsp3) is 0.533. The van der Waals surface area contributed by atoms with E-state index in [0.29, 0.717) is 5.69 Å². The van der Waals surface area contributed by atoms with Gasteiger partial charge in [-0.1, -0.05) is 48.0 Å². The van der Waals surface area contributed by atoms with Gasteiger partial charge in [0.1, 0.15) is 0 Å². The van der Waals surface area contributed by atoms with Crippen LogP contribution in [0.4, 0.5) is 5.69 Å². The van der Waals surface area contributed by atoms with Gasteiger partial charge in [0.25, 0.3) is 0 Å². The standard InChI is InChI=1S/C15H20BrN5/c16-13-8-12(9-14(17)10-13)15-18-19-20-21(15)7-6-11-4-2-1-3-5-11/h8-11H,1-7,17H2. The fourth-order valence-corrected chi connectivity index (χ4v) is 3.60. The molecular formula is C15H20BrN5. The summed E-state index contributed by atoms with van der Waals surface area (Å²) in [5.74, 6) is 1.61. The van der Waals surface area contributed by atoms with Gasteiger partial charge in [-0.05, 0) is 41.0 Å². The Morgan fingerprint density at radius 3 is 2.76 bits per heavy atom. The zero-order valence-electron chi connectivity index (χ0n) is 12.0. The molecule has 1 aromatic carbocycles. The van der Waals surface area contributed by atoms with Gasteiger partial charge in [0.15, 0.2) is 5.82 Å². The highest BCUT2D eigenvalue weighted by atomic mass is 79.9. The number of hydrogen-bond acceptors (Lipinski definition) is 4. The molecule has 1 aliphatic carbocycles. The second-order valence-corrected chi connectivity index (χ2v) is 6.71. The molecule has 0 atom stereocenters. The maximum absolute atomic E-state index is 5.90. The molecule has 0 bridgehead atoms. The zero-order chi connectivity index (χ0) is 14.7. The van der Waals surface area contributed by atoms with E-state index in [1.807, 2.05) is 22.9 Å². The van der Waals surface area contributed by atoms with Crippen LogP contribution in [0.15, 0.2) is 22.7 Å². The zero-order valence-corrected chi connectivity index (χ0v) is 13.6. The molecule has 1 heterocycles. The van der Waals surface area contributed by atoms with Crippen molar-refractivity contribution in [2.24, 2.45) is 5.92 Å². The molecule has 0 radical (unpaired) electrons. The third kappa shape index (κ3) is 3.61. The first-order valence-electron chi connectivity index (χ1n) is 7.55. The number of nitrogen functional groups attached to an aromatic ring is 1. The lowest BCUT2D eigenvalue weighted by Gasteiger charge is -2.21. The summed E-state index contributed by atoms with van der Waals surface area (Å²) < 4.78 is 2.84. The predicted molar refractivity (Wildman–Crippen MR) is 86.6 cm³/mol. The molecule has 1 fully saturated rings. The first kappa shape index (κ1) is 14.5. The normalized spacial score (nSPS) is 16.2. The average molecular weight is 350 g/mol. The van der Waals surface area contributed by atoms with Gasteiger partial charge < -0.3 is 5.73 Å². The molecule has 0 aliphatic heterocycles. The quantitative estimate of drug-likeness (QED) is 0.855. The topological polar surface area (TPSA) is 69.6 Å². The summed E-state index contributed by atoms with van der Waals surface area (Å²) >= 11 is 3.47. The molecule has 0 amide bonds. The van der Waals surface area contributed by atoms with E-state index >= 15 is 0 Å². The summed E-state index contributed by atoms with van der Waals surface area (Å²) in [5, 5.41) is 12.1. The molecule has 0 unspecified atom stereocenters. The van der Waals surface area contributed by atoms with Crippen LogP contribution in [-0.2, 0) is 6.54 Å². The molecule has 1 saturated carbocycles. The van der Waals surface area contributed by atoms with E-state index in [9.17, 15) is 0 Å². The van der Waals surface area contributed by atoms with Gasteiger partial charge in [-0.2, -0.15) is 0 Å². The maximum Gasteiger partial charge on any atom is 0.182 e. The molecule has 2 N–H and O–H groups in total. The van der Waals surface area contributed by atoms with Crippen LogP contribution in [-0.4, -0.2) is 20.2 Å². The highest BCUT2D eigenvalue weighted by molar-refractivity contribution is 9.10. The second kappa shape index (κ2) is 6.56. The summed E-state index contributed by atoms with van der Waals surface area (Å²) in [6.07, 6.45) is 7.98. The van der Waals surface area contributed by atoms with Crippen molar-refractivity contribution in [3.05, 3.63) is 22.7 Å². The van der Waals surface area contributed by atoms with Crippen molar-refractivity contribution >= 4 is 21.6 Å². The lowest BCUT2D eigenvalue weighted by atomic mass is 9.87. The molecule has 6 heteroatoms. The number of halogens is 1. The highest BCUT2D eigenvalue weighted by Crippen LogP contribution is 2.28. The Kier molecular flexibility index (Phi) is 4.53. The van der Waals surface area contributed by atoms with Crippen molar-refractivity contribution in [1.82, 2.24) is 20.2 Å². The SMILES string of the molecule is Nc1cc(Br)cc(-c2nnnn2CCC2CCCCC2)c1. The molecule has 1 aromatic heterocycles. The van der Waals surface area contributed by atoms with Crippen LogP contribution in [0.2, 0.25) is 0 Å². The molecule has 5 nitrogen and oxygen atoms in total. The van der Waals surface area contributed by atoms with E-state index in [4.69, 9.17) is 5.73 Å². The molecule has 0 saturated heterocycles. The van der Waals surface area contributed by atoms with Crippen LogP contribution in [0.3, 0.4) is 0 Å². The number of anilines is 1. The monoisotopic (exact) mass is 349 g/mol. The number of nitrogens with two attached hydrogens (primary N) is 1. The van der Waals surface area contributed by atoms with Gasteiger partial charge >= 0.3 is 0 Å². The Morgan fingerprint density at radius 2 is 2.00 bits per heavy atom. The van der Waals surface area contributed by atoms with Crippen LogP contribution < -0.4 is 5.73 Å². The maximum atomic E-state index is 5.90. The van der Waals surface area contributed by atoms with Crippen LogP contribution in [0, 0.1) is 5.92 Å². The number of aryl methyl sites for hydroxylation is 1. The van der Waals surface area contributed by atoms with Crippen molar-refractivity contribution in [1.29, 1.82) is 0 Å². The minimum Gasteiger partial charge on any atom is -0.399 e. The van der Waals surface area contributed by atoms with E-state index in [1.165, 1.54) is 32.1 Å². The van der Waals surface area contributed by atoms with Gasteiger partial charge in [0.05, 0.1) is 0 Å². The van der Waals surface area contributed by atoms with Crippen molar-refractivity contribution in [3.63, 3.8) is 0 Å². The molecule has 21 heavy (non-hydrogen) atoms. The summed E-state index contributed by atoms with van der Waals surface area (Å²) in [5.41, 5.74) is 7.56. The van der Waals surface area contributed by atoms with Crippen molar-refractivity contribution in [2.45, 2.75) is 45.1 Å². The summed E-state index contributed by atoms with van der Waals surface area (Å²) in [6, 6.07) is 5.78. The molecule has 112 valence electrons. The van der Waals surface area contributed by atoms with E-state index in [0.717, 1.165) is 34.7 Å². The molecule has 0 spiro atoms. The van der Waals surface area contributed by atoms with Crippen LogP contribution in [0.5, 0.6) is 0 Å². The fourth-order valence-electron chi connectivity index (χ4n) is 3.08. The molecule has 2 aromatic rings. The van der Waals surface area contributed by atoms with Gasteiger partial charge in [0.2, 0.25) is 0 Å². The van der Waals surface area contributed by atoms with E-state index < -0.39 is 0 Å². The molecule has 1 aliphatic rings. The number of benzene rings is 1. The Morgan fingerprint density at radius 1 is 1.19 bits per heavy atom. The van der Waals surface area contributed by atoms with Crippen molar-refractivity contribution in [2.75, 3.05) is 5.73 Å². The summed E-state index contributed by atoms with van der Waals surface area (Å²) in [7, 11) is 0. The van der Waals surface area contributed by atoms with Crippen LogP contribution in [0.25, 0.3) is 11.4 Å². The van der Waals surface area contributed by atoms with Gasteiger partial charge in [-0.3, -0.25) is 0 Å². The van der Waals surface area contributed by atoms with Gasteiger partial charge in [0, 0.05) is 22.3 Å². The highest BCUT2D eigenvalue weighted by Gasteiger charge is 2.15. The van der Waals surface area contributed by atoms with Crippen LogP contribution in [0.1, 0.15) is 38.5 Å². The third-order valence-electron chi connectivity index (χ3n) is 4.18. The lowest BCUT2D eigenvalue weighted by Crippen LogP contribution is -2.11. The number of rotatable bonds is 4. The summed E-state index contributed by atoms with van der Waals surface area (Å²) in [6.45, 7) is 0.874. The summed E-state index contributed by atoms with van der Waals surface area (Å²) in [4.78, 5) is 0. The van der Waals surface area contributed by atoms with Gasteiger partial charge in [-0.15, -0.1) is 5.10 Å². The molecular weight excluding hydrogens is 330 g/mol. The first-order chi connectivity index (χ1) is 10.2. The van der Waals surface area contributed by atoms with E-state index in [2.05, 4.69) is 31.5 Å². The second-order valence-electron chi connectivity index (χ2n) is 5.79. The van der Waals surface area contributed by atoms with Gasteiger partial charge in [-0.25, -0.2) is 4.68 Å². The predicted octanol–water partition coefficient (Wildman–Crippen LogP) is 3.66. The van der Waals surface area contributed by atoms with E-state index in [-0.39, 0.29) is 0 Å². The molecule has 3 rings (SSSR count). The minimum absolute atomic E-state index is 0.709. The third-order valence-corrected chi connectivity index (χ3v) is 4.64. The first-order valence-corrected chi connectivity index (χ1v) is 8.34. The smallest absolute Gasteiger partial charge is 0.182 e. The Hall–Kier alpha value is -1.43. The largest absolute Gasteiger partial charge is 0.399 e. The Labute approximate surface area is 133 Å². The number of hydrogen-bond donors (Lipinski definition) is 1. The number of nitrogens with zero attached hydrogens (tertiary/aromatic N) is 4. The Bertz CT molecular complexity index is 584.